The number of phenols is 1. The van der Waals surface area contributed by atoms with Crippen molar-refractivity contribution in [3.8, 4) is 5.75 Å². The molecular weight excluding hydrogens is 246 g/mol. The second kappa shape index (κ2) is 7.68. The van der Waals surface area contributed by atoms with Crippen LogP contribution in [0.5, 0.6) is 5.75 Å². The second-order valence-corrected chi connectivity index (χ2v) is 6.58. The zero-order chi connectivity index (χ0) is 14.4. The van der Waals surface area contributed by atoms with Gasteiger partial charge in [0.15, 0.2) is 0 Å². The summed E-state index contributed by atoms with van der Waals surface area (Å²) in [6, 6.07) is 8.27. The first kappa shape index (κ1) is 15.4. The van der Waals surface area contributed by atoms with Gasteiger partial charge in [0.1, 0.15) is 5.75 Å². The van der Waals surface area contributed by atoms with Crippen LogP contribution in [0.3, 0.4) is 0 Å². The third kappa shape index (κ3) is 4.82. The van der Waals surface area contributed by atoms with Crippen molar-refractivity contribution < 1.29 is 5.11 Å². The maximum atomic E-state index is 9.27. The largest absolute Gasteiger partial charge is 0.508 e. The zero-order valence-electron chi connectivity index (χ0n) is 12.9. The van der Waals surface area contributed by atoms with E-state index in [1.807, 2.05) is 12.1 Å². The molecule has 0 aliphatic heterocycles. The Kier molecular flexibility index (Phi) is 5.90. The van der Waals surface area contributed by atoms with E-state index in [9.17, 15) is 5.11 Å². The topological polar surface area (TPSA) is 32.3 Å². The van der Waals surface area contributed by atoms with Gasteiger partial charge in [-0.1, -0.05) is 38.8 Å². The average Bonchev–Trinajstić information content (AvgIpc) is 2.67. The third-order valence-electron chi connectivity index (χ3n) is 4.74. The number of benzene rings is 1. The van der Waals surface area contributed by atoms with E-state index in [0.717, 1.165) is 24.8 Å². The highest BCUT2D eigenvalue weighted by atomic mass is 16.3. The van der Waals surface area contributed by atoms with E-state index in [1.165, 1.54) is 37.7 Å². The van der Waals surface area contributed by atoms with Gasteiger partial charge < -0.3 is 10.4 Å². The average molecular weight is 275 g/mol. The van der Waals surface area contributed by atoms with Crippen molar-refractivity contribution in [2.45, 2.75) is 58.4 Å². The summed E-state index contributed by atoms with van der Waals surface area (Å²) >= 11 is 0. The van der Waals surface area contributed by atoms with Gasteiger partial charge in [0.25, 0.3) is 0 Å². The lowest BCUT2D eigenvalue weighted by molar-refractivity contribution is 0.338. The predicted octanol–water partition coefficient (Wildman–Crippen LogP) is 4.13. The van der Waals surface area contributed by atoms with Crippen molar-refractivity contribution in [2.24, 2.45) is 11.8 Å². The fourth-order valence-electron chi connectivity index (χ4n) is 3.28. The summed E-state index contributed by atoms with van der Waals surface area (Å²) < 4.78 is 0. The summed E-state index contributed by atoms with van der Waals surface area (Å²) in [5, 5.41) is 13.0. The number of rotatable bonds is 5. The van der Waals surface area contributed by atoms with E-state index in [-0.39, 0.29) is 0 Å². The van der Waals surface area contributed by atoms with Crippen molar-refractivity contribution in [3.05, 3.63) is 29.8 Å². The van der Waals surface area contributed by atoms with Gasteiger partial charge in [0.2, 0.25) is 0 Å². The molecular formula is C18H29NO. The lowest BCUT2D eigenvalue weighted by atomic mass is 9.89. The summed E-state index contributed by atoms with van der Waals surface area (Å²) in [5.41, 5.74) is 1.30. The number of phenolic OH excluding ortho intramolecular Hbond substituents is 1. The molecule has 0 spiro atoms. The van der Waals surface area contributed by atoms with Crippen LogP contribution in [0.4, 0.5) is 0 Å². The Bertz CT molecular complexity index is 385. The second-order valence-electron chi connectivity index (χ2n) is 6.58. The fraction of sp³-hybridized carbons (Fsp3) is 0.667. The molecule has 2 unspecified atom stereocenters. The van der Waals surface area contributed by atoms with Gasteiger partial charge in [-0.3, -0.25) is 0 Å². The summed E-state index contributed by atoms with van der Waals surface area (Å²) in [5.74, 6) is 2.12. The highest BCUT2D eigenvalue weighted by Crippen LogP contribution is 2.28. The number of hydrogen-bond donors (Lipinski definition) is 2. The molecule has 2 nitrogen and oxygen atoms in total. The molecule has 112 valence electrons. The summed E-state index contributed by atoms with van der Waals surface area (Å²) in [4.78, 5) is 0. The van der Waals surface area contributed by atoms with Crippen molar-refractivity contribution in [1.29, 1.82) is 0 Å². The molecule has 1 aromatic carbocycles. The lowest BCUT2D eigenvalue weighted by Gasteiger charge is -2.19. The molecule has 0 bridgehead atoms. The van der Waals surface area contributed by atoms with Gasteiger partial charge in [-0.05, 0) is 61.8 Å². The first-order chi connectivity index (χ1) is 9.65. The molecule has 1 saturated carbocycles. The van der Waals surface area contributed by atoms with Crippen molar-refractivity contribution in [1.82, 2.24) is 5.32 Å². The van der Waals surface area contributed by atoms with Crippen molar-refractivity contribution >= 4 is 0 Å². The van der Waals surface area contributed by atoms with Crippen LogP contribution < -0.4 is 5.32 Å². The maximum absolute atomic E-state index is 9.27. The smallest absolute Gasteiger partial charge is 0.115 e. The Hall–Kier alpha value is -1.02. The molecule has 2 atom stereocenters. The molecule has 0 heterocycles. The van der Waals surface area contributed by atoms with Crippen LogP contribution in [-0.2, 0) is 6.42 Å². The van der Waals surface area contributed by atoms with Crippen molar-refractivity contribution in [2.75, 3.05) is 6.54 Å². The molecule has 2 N–H and O–H groups in total. The minimum absolute atomic E-state index is 0.352. The normalized spacial score (nSPS) is 23.8. The monoisotopic (exact) mass is 275 g/mol. The molecule has 0 radical (unpaired) electrons. The van der Waals surface area contributed by atoms with Gasteiger partial charge in [-0.15, -0.1) is 0 Å². The van der Waals surface area contributed by atoms with E-state index < -0.39 is 0 Å². The first-order valence-electron chi connectivity index (χ1n) is 8.16. The van der Waals surface area contributed by atoms with Crippen LogP contribution in [0.2, 0.25) is 0 Å². The van der Waals surface area contributed by atoms with Gasteiger partial charge in [0, 0.05) is 6.04 Å². The van der Waals surface area contributed by atoms with E-state index in [0.29, 0.717) is 11.8 Å². The summed E-state index contributed by atoms with van der Waals surface area (Å²) in [7, 11) is 0. The minimum Gasteiger partial charge on any atom is -0.508 e. The zero-order valence-corrected chi connectivity index (χ0v) is 12.9. The minimum atomic E-state index is 0.352. The molecule has 0 amide bonds. The van der Waals surface area contributed by atoms with E-state index in [4.69, 9.17) is 0 Å². The Balaban J connectivity index is 1.70. The van der Waals surface area contributed by atoms with Crippen LogP contribution in [0.1, 0.15) is 51.5 Å². The van der Waals surface area contributed by atoms with Gasteiger partial charge in [-0.25, -0.2) is 0 Å². The lowest BCUT2D eigenvalue weighted by Crippen LogP contribution is -2.30. The molecule has 1 aliphatic carbocycles. The SMILES string of the molecule is CC(C)C1CCCC(NCCc2ccc(O)cc2)CC1. The van der Waals surface area contributed by atoms with Crippen LogP contribution in [0.15, 0.2) is 24.3 Å². The fourth-order valence-corrected chi connectivity index (χ4v) is 3.28. The van der Waals surface area contributed by atoms with Gasteiger partial charge in [0.05, 0.1) is 0 Å². The number of hydrogen-bond acceptors (Lipinski definition) is 2. The molecule has 1 aliphatic rings. The molecule has 20 heavy (non-hydrogen) atoms. The first-order valence-corrected chi connectivity index (χ1v) is 8.16. The van der Waals surface area contributed by atoms with Gasteiger partial charge in [-0.2, -0.15) is 0 Å². The molecule has 1 aromatic rings. The van der Waals surface area contributed by atoms with Crippen LogP contribution in [0.25, 0.3) is 0 Å². The standard InChI is InChI=1S/C18H29NO/c1-14(2)16-4-3-5-17(9-8-16)19-13-12-15-6-10-18(20)11-7-15/h6-7,10-11,14,16-17,19-20H,3-5,8-9,12-13H2,1-2H3. The van der Waals surface area contributed by atoms with Crippen LogP contribution in [-0.4, -0.2) is 17.7 Å². The highest BCUT2D eigenvalue weighted by molar-refractivity contribution is 5.25. The molecule has 1 fully saturated rings. The Morgan fingerprint density at radius 3 is 2.55 bits per heavy atom. The van der Waals surface area contributed by atoms with Crippen LogP contribution >= 0.6 is 0 Å². The van der Waals surface area contributed by atoms with Crippen LogP contribution in [0, 0.1) is 11.8 Å². The third-order valence-corrected chi connectivity index (χ3v) is 4.74. The Morgan fingerprint density at radius 2 is 1.85 bits per heavy atom. The van der Waals surface area contributed by atoms with Gasteiger partial charge >= 0.3 is 0 Å². The summed E-state index contributed by atoms with van der Waals surface area (Å²) in [6.07, 6.45) is 7.88. The van der Waals surface area contributed by atoms with E-state index in [2.05, 4.69) is 19.2 Å². The molecule has 0 saturated heterocycles. The summed E-state index contributed by atoms with van der Waals surface area (Å²) in [6.45, 7) is 5.77. The number of aromatic hydroxyl groups is 1. The quantitative estimate of drug-likeness (QED) is 0.792. The van der Waals surface area contributed by atoms with E-state index in [1.54, 1.807) is 12.1 Å². The van der Waals surface area contributed by atoms with Crippen molar-refractivity contribution in [3.63, 3.8) is 0 Å². The molecule has 2 rings (SSSR count). The molecule has 0 aromatic heterocycles. The highest BCUT2D eigenvalue weighted by Gasteiger charge is 2.20. The number of nitrogens with one attached hydrogen (secondary N) is 1. The maximum Gasteiger partial charge on any atom is 0.115 e. The predicted molar refractivity (Wildman–Crippen MR) is 85.0 cm³/mol. The van der Waals surface area contributed by atoms with E-state index >= 15 is 0 Å². The molecule has 2 heteroatoms. The Morgan fingerprint density at radius 1 is 1.10 bits per heavy atom. The Labute approximate surface area is 123 Å².